The van der Waals surface area contributed by atoms with Crippen molar-refractivity contribution in [1.82, 2.24) is 19.9 Å². The Balaban J connectivity index is 1.02. The molecule has 2 aromatic carbocycles. The average molecular weight is 558 g/mol. The molecular weight excluding hydrogens is 522 g/mol. The smallest absolute Gasteiger partial charge is 0.253 e. The molecule has 1 aliphatic rings. The minimum absolute atomic E-state index is 0.103. The highest BCUT2D eigenvalue weighted by Gasteiger charge is 2.19. The number of benzene rings is 2. The van der Waals surface area contributed by atoms with Gasteiger partial charge >= 0.3 is 0 Å². The second kappa shape index (κ2) is 13.4. The normalized spacial score (nSPS) is 13.0. The Morgan fingerprint density at radius 1 is 0.900 bits per heavy atom. The first-order valence-electron chi connectivity index (χ1n) is 14.1. The largest absolute Gasteiger partial charge is 0.384 e. The van der Waals surface area contributed by atoms with Crippen LogP contribution in [0.3, 0.4) is 0 Å². The van der Waals surface area contributed by atoms with Crippen LogP contribution in [0.25, 0.3) is 10.9 Å². The van der Waals surface area contributed by atoms with E-state index < -0.39 is 0 Å². The fraction of sp³-hybridized carbons (Fsp3) is 0.355. The number of nitrogens with zero attached hydrogens (tertiary/aromatic N) is 4. The molecule has 0 bridgehead atoms. The van der Waals surface area contributed by atoms with Gasteiger partial charge in [0, 0.05) is 71.5 Å². The summed E-state index contributed by atoms with van der Waals surface area (Å²) in [5, 5.41) is 12.0. The number of halogens is 1. The number of aromatic nitrogens is 3. The summed E-state index contributed by atoms with van der Waals surface area (Å²) in [5.41, 5.74) is 4.46. The third kappa shape index (κ3) is 7.39. The Labute approximate surface area is 240 Å². The van der Waals surface area contributed by atoms with Crippen molar-refractivity contribution in [2.75, 3.05) is 42.1 Å². The Kier molecular flexibility index (Phi) is 9.29. The molecule has 0 aliphatic carbocycles. The summed E-state index contributed by atoms with van der Waals surface area (Å²) in [7, 11) is 0. The van der Waals surface area contributed by atoms with Gasteiger partial charge in [0.2, 0.25) is 5.95 Å². The number of pyridine rings is 1. The van der Waals surface area contributed by atoms with Crippen molar-refractivity contribution in [2.24, 2.45) is 0 Å². The molecule has 0 atom stereocenters. The maximum atomic E-state index is 12.6. The number of amides is 1. The molecule has 0 spiro atoms. The Morgan fingerprint density at radius 2 is 1.65 bits per heavy atom. The fourth-order valence-electron chi connectivity index (χ4n) is 4.96. The fourth-order valence-corrected chi connectivity index (χ4v) is 5.13. The molecule has 5 rings (SSSR count). The molecule has 1 fully saturated rings. The molecule has 8 nitrogen and oxygen atoms in total. The molecule has 208 valence electrons. The van der Waals surface area contributed by atoms with Gasteiger partial charge in [0.05, 0.1) is 5.52 Å². The zero-order valence-corrected chi connectivity index (χ0v) is 23.7. The number of unbranched alkanes of at least 4 members (excludes halogenated alkanes) is 3. The Hall–Kier alpha value is -3.91. The summed E-state index contributed by atoms with van der Waals surface area (Å²) in [5.74, 6) is 1.45. The van der Waals surface area contributed by atoms with Gasteiger partial charge in [-0.1, -0.05) is 24.4 Å². The molecule has 1 saturated heterocycles. The molecule has 9 heteroatoms. The highest BCUT2D eigenvalue weighted by atomic mass is 35.5. The van der Waals surface area contributed by atoms with Crippen LogP contribution in [-0.4, -0.2) is 51.9 Å². The van der Waals surface area contributed by atoms with Crippen LogP contribution in [0.15, 0.2) is 60.8 Å². The van der Waals surface area contributed by atoms with Crippen molar-refractivity contribution in [3.63, 3.8) is 0 Å². The van der Waals surface area contributed by atoms with Crippen molar-refractivity contribution >= 4 is 51.6 Å². The van der Waals surface area contributed by atoms with E-state index in [2.05, 4.69) is 30.9 Å². The van der Waals surface area contributed by atoms with Crippen LogP contribution in [-0.2, 0) is 0 Å². The standard InChI is InChI=1S/C31H36ClN7O/c1-22-20-29(38-31(36-22)37-25-11-8-23(9-12-25)30(40)39-18-6-7-19-39)35-16-5-3-2-4-15-33-27-14-17-34-28-21-24(32)10-13-26(27)28/h8-14,17,20-21H,2-7,15-16,18-19H2,1H3,(H,33,34)(H2,35,36,37,38). The molecule has 3 N–H and O–H groups in total. The lowest BCUT2D eigenvalue weighted by molar-refractivity contribution is 0.0793. The van der Waals surface area contributed by atoms with Crippen molar-refractivity contribution in [3.8, 4) is 0 Å². The number of hydrogen-bond donors (Lipinski definition) is 3. The van der Waals surface area contributed by atoms with Crippen molar-refractivity contribution in [3.05, 3.63) is 77.1 Å². The Morgan fingerprint density at radius 3 is 2.42 bits per heavy atom. The highest BCUT2D eigenvalue weighted by Crippen LogP contribution is 2.24. The lowest BCUT2D eigenvalue weighted by atomic mass is 10.1. The molecule has 40 heavy (non-hydrogen) atoms. The van der Waals surface area contributed by atoms with Crippen LogP contribution >= 0.6 is 11.6 Å². The van der Waals surface area contributed by atoms with Crippen molar-refractivity contribution < 1.29 is 4.79 Å². The molecule has 1 amide bonds. The van der Waals surface area contributed by atoms with E-state index in [1.54, 1.807) is 0 Å². The van der Waals surface area contributed by atoms with E-state index in [-0.39, 0.29) is 5.91 Å². The molecule has 0 unspecified atom stereocenters. The predicted molar refractivity (Wildman–Crippen MR) is 164 cm³/mol. The topological polar surface area (TPSA) is 95.1 Å². The quantitative estimate of drug-likeness (QED) is 0.161. The number of nitrogens with one attached hydrogen (secondary N) is 3. The maximum absolute atomic E-state index is 12.6. The Bertz CT molecular complexity index is 1440. The van der Waals surface area contributed by atoms with Gasteiger partial charge < -0.3 is 20.9 Å². The second-order valence-corrected chi connectivity index (χ2v) is 10.6. The van der Waals surface area contributed by atoms with Crippen LogP contribution in [0.1, 0.15) is 54.6 Å². The first-order valence-corrected chi connectivity index (χ1v) is 14.5. The minimum atomic E-state index is 0.103. The van der Waals surface area contributed by atoms with E-state index in [1.807, 2.05) is 72.6 Å². The van der Waals surface area contributed by atoms with E-state index in [1.165, 1.54) is 0 Å². The third-order valence-corrected chi connectivity index (χ3v) is 7.30. The van der Waals surface area contributed by atoms with Crippen LogP contribution in [0.4, 0.5) is 23.1 Å². The summed E-state index contributed by atoms with van der Waals surface area (Å²) in [6.45, 7) is 5.44. The maximum Gasteiger partial charge on any atom is 0.253 e. The third-order valence-electron chi connectivity index (χ3n) is 7.07. The first kappa shape index (κ1) is 27.6. The number of carbonyl (C=O) groups is 1. The number of rotatable bonds is 12. The number of carbonyl (C=O) groups excluding carboxylic acids is 1. The monoisotopic (exact) mass is 557 g/mol. The average Bonchev–Trinajstić information content (AvgIpc) is 3.49. The van der Waals surface area contributed by atoms with Crippen molar-refractivity contribution in [2.45, 2.75) is 45.4 Å². The van der Waals surface area contributed by atoms with Gasteiger partial charge in [0.1, 0.15) is 5.82 Å². The lowest BCUT2D eigenvalue weighted by Crippen LogP contribution is -2.27. The van der Waals surface area contributed by atoms with Crippen LogP contribution < -0.4 is 16.0 Å². The number of aryl methyl sites for hydroxylation is 1. The van der Waals surface area contributed by atoms with Crippen molar-refractivity contribution in [1.29, 1.82) is 0 Å². The predicted octanol–water partition coefficient (Wildman–Crippen LogP) is 7.05. The molecule has 4 aromatic rings. The molecule has 0 saturated carbocycles. The van der Waals surface area contributed by atoms with Gasteiger partial charge in [0.15, 0.2) is 0 Å². The number of hydrogen-bond acceptors (Lipinski definition) is 7. The lowest BCUT2D eigenvalue weighted by Gasteiger charge is -2.15. The molecular formula is C31H36ClN7O. The van der Waals surface area contributed by atoms with Gasteiger partial charge in [-0.2, -0.15) is 4.98 Å². The van der Waals surface area contributed by atoms with E-state index in [9.17, 15) is 4.79 Å². The second-order valence-electron chi connectivity index (χ2n) is 10.2. The highest BCUT2D eigenvalue weighted by molar-refractivity contribution is 6.31. The molecule has 0 radical (unpaired) electrons. The van der Waals surface area contributed by atoms with Gasteiger partial charge in [-0.3, -0.25) is 9.78 Å². The van der Waals surface area contributed by atoms with Crippen LogP contribution in [0.2, 0.25) is 5.02 Å². The summed E-state index contributed by atoms with van der Waals surface area (Å²) >= 11 is 6.09. The first-order chi connectivity index (χ1) is 19.5. The summed E-state index contributed by atoms with van der Waals surface area (Å²) in [4.78, 5) is 28.0. The van der Waals surface area contributed by atoms with Crippen LogP contribution in [0.5, 0.6) is 0 Å². The van der Waals surface area contributed by atoms with E-state index >= 15 is 0 Å². The number of anilines is 4. The molecule has 1 aliphatic heterocycles. The zero-order chi connectivity index (χ0) is 27.7. The molecule has 3 heterocycles. The van der Waals surface area contributed by atoms with Gasteiger partial charge in [-0.25, -0.2) is 4.98 Å². The van der Waals surface area contributed by atoms with E-state index in [0.29, 0.717) is 16.5 Å². The van der Waals surface area contributed by atoms with Gasteiger partial charge in [-0.15, -0.1) is 0 Å². The van der Waals surface area contributed by atoms with E-state index in [4.69, 9.17) is 11.6 Å². The summed E-state index contributed by atoms with van der Waals surface area (Å²) in [6, 6.07) is 17.3. The summed E-state index contributed by atoms with van der Waals surface area (Å²) < 4.78 is 0. The molecule has 2 aromatic heterocycles. The SMILES string of the molecule is Cc1cc(NCCCCCCNc2ccnc3cc(Cl)ccc23)nc(Nc2ccc(C(=O)N3CCCC3)cc2)n1. The number of fused-ring (bicyclic) bond motifs is 1. The number of likely N-dealkylation sites (tertiary alicyclic amines) is 1. The summed E-state index contributed by atoms with van der Waals surface area (Å²) in [6.07, 6.45) is 8.44. The van der Waals surface area contributed by atoms with Crippen LogP contribution in [0, 0.1) is 6.92 Å². The zero-order valence-electron chi connectivity index (χ0n) is 22.9. The van der Waals surface area contributed by atoms with E-state index in [0.717, 1.165) is 98.5 Å². The minimum Gasteiger partial charge on any atom is -0.384 e. The van der Waals surface area contributed by atoms with Gasteiger partial charge in [-0.05, 0) is 81.1 Å². The van der Waals surface area contributed by atoms with Gasteiger partial charge in [0.25, 0.3) is 5.91 Å².